The van der Waals surface area contributed by atoms with E-state index in [2.05, 4.69) is 5.32 Å². The van der Waals surface area contributed by atoms with Gasteiger partial charge in [-0.2, -0.15) is 4.31 Å². The second kappa shape index (κ2) is 7.75. The average Bonchev–Trinajstić information content (AvgIpc) is 2.62. The van der Waals surface area contributed by atoms with E-state index < -0.39 is 27.4 Å². The van der Waals surface area contributed by atoms with E-state index in [1.54, 1.807) is 19.9 Å². The lowest BCUT2D eigenvalue weighted by Gasteiger charge is -2.27. The number of amides is 1. The minimum absolute atomic E-state index is 0.0590. The Kier molecular flexibility index (Phi) is 6.08. The van der Waals surface area contributed by atoms with Gasteiger partial charge in [-0.25, -0.2) is 13.2 Å². The van der Waals surface area contributed by atoms with Crippen molar-refractivity contribution in [3.05, 3.63) is 29.3 Å². The van der Waals surface area contributed by atoms with Gasteiger partial charge in [0.15, 0.2) is 0 Å². The molecule has 1 aliphatic heterocycles. The number of sulfonamides is 1. The number of piperidine rings is 1. The van der Waals surface area contributed by atoms with Crippen LogP contribution in [0.25, 0.3) is 0 Å². The number of rotatable bonds is 6. The number of carboxylic acids is 1. The van der Waals surface area contributed by atoms with Crippen molar-refractivity contribution >= 4 is 21.9 Å². The Balaban J connectivity index is 2.35. The molecule has 0 bridgehead atoms. The molecule has 1 atom stereocenters. The maximum atomic E-state index is 12.8. The van der Waals surface area contributed by atoms with Crippen LogP contribution < -0.4 is 5.32 Å². The summed E-state index contributed by atoms with van der Waals surface area (Å²) in [7, 11) is -3.66. The van der Waals surface area contributed by atoms with Crippen molar-refractivity contribution in [2.75, 3.05) is 13.1 Å². The van der Waals surface area contributed by atoms with Crippen molar-refractivity contribution in [2.45, 2.75) is 56.9 Å². The molecule has 2 rings (SSSR count). The van der Waals surface area contributed by atoms with Gasteiger partial charge < -0.3 is 10.4 Å². The van der Waals surface area contributed by atoms with Gasteiger partial charge >= 0.3 is 5.97 Å². The molecule has 0 radical (unpaired) electrons. The van der Waals surface area contributed by atoms with Gasteiger partial charge in [-0.3, -0.25) is 4.79 Å². The summed E-state index contributed by atoms with van der Waals surface area (Å²) in [6, 6.07) is 4.41. The molecule has 26 heavy (non-hydrogen) atoms. The molecule has 2 N–H and O–H groups in total. The highest BCUT2D eigenvalue weighted by molar-refractivity contribution is 7.89. The molecular formula is C18H26N2O5S. The highest BCUT2D eigenvalue weighted by Gasteiger charge is 2.34. The minimum atomic E-state index is -3.66. The Morgan fingerprint density at radius 2 is 1.85 bits per heavy atom. The van der Waals surface area contributed by atoms with Crippen molar-refractivity contribution in [3.63, 3.8) is 0 Å². The lowest BCUT2D eigenvalue weighted by atomic mass is 9.98. The van der Waals surface area contributed by atoms with Crippen LogP contribution in [0.3, 0.4) is 0 Å². The maximum absolute atomic E-state index is 12.8. The van der Waals surface area contributed by atoms with E-state index in [4.69, 9.17) is 0 Å². The number of hydrogen-bond donors (Lipinski definition) is 2. The molecule has 7 nitrogen and oxygen atoms in total. The first-order valence-electron chi connectivity index (χ1n) is 8.78. The van der Waals surface area contributed by atoms with E-state index in [0.717, 1.165) is 19.3 Å². The number of carbonyl (C=O) groups is 2. The molecule has 8 heteroatoms. The normalized spacial score (nSPS) is 18.1. The summed E-state index contributed by atoms with van der Waals surface area (Å²) in [6.45, 7) is 5.74. The second-order valence-electron chi connectivity index (χ2n) is 6.89. The fourth-order valence-corrected chi connectivity index (χ4v) is 4.42. The molecular weight excluding hydrogens is 356 g/mol. The smallest absolute Gasteiger partial charge is 0.329 e. The predicted molar refractivity (Wildman–Crippen MR) is 97.6 cm³/mol. The standard InChI is InChI=1S/C18H26N2O5S/c1-4-18(3,17(22)23)19-16(21)15-12-14(9-8-13(15)2)26(24,25)20-10-6-5-7-11-20/h8-9,12H,4-7,10-11H2,1-3H3,(H,19,21)(H,22,23). The second-order valence-corrected chi connectivity index (χ2v) is 8.82. The van der Waals surface area contributed by atoms with E-state index in [9.17, 15) is 23.1 Å². The molecule has 1 amide bonds. The number of benzene rings is 1. The van der Waals surface area contributed by atoms with Gasteiger partial charge in [0, 0.05) is 18.7 Å². The molecule has 1 aromatic carbocycles. The van der Waals surface area contributed by atoms with Crippen LogP contribution in [0.2, 0.25) is 0 Å². The number of hydrogen-bond acceptors (Lipinski definition) is 4. The molecule has 0 aromatic heterocycles. The zero-order chi connectivity index (χ0) is 19.5. The third kappa shape index (κ3) is 4.07. The monoisotopic (exact) mass is 382 g/mol. The van der Waals surface area contributed by atoms with Crippen molar-refractivity contribution in [1.29, 1.82) is 0 Å². The minimum Gasteiger partial charge on any atom is -0.480 e. The van der Waals surface area contributed by atoms with Gasteiger partial charge in [-0.05, 0) is 50.8 Å². The summed E-state index contributed by atoms with van der Waals surface area (Å²) >= 11 is 0. The van der Waals surface area contributed by atoms with Gasteiger partial charge in [-0.1, -0.05) is 19.4 Å². The largest absolute Gasteiger partial charge is 0.480 e. The van der Waals surface area contributed by atoms with Crippen molar-refractivity contribution in [2.24, 2.45) is 0 Å². The summed E-state index contributed by atoms with van der Waals surface area (Å²) in [5, 5.41) is 11.8. The molecule has 0 aliphatic carbocycles. The number of aryl methyl sites for hydroxylation is 1. The van der Waals surface area contributed by atoms with Crippen LogP contribution in [-0.2, 0) is 14.8 Å². The van der Waals surface area contributed by atoms with Gasteiger partial charge in [0.2, 0.25) is 10.0 Å². The molecule has 1 aromatic rings. The SMILES string of the molecule is CCC(C)(NC(=O)c1cc(S(=O)(=O)N2CCCCC2)ccc1C)C(=O)O. The van der Waals surface area contributed by atoms with Crippen LogP contribution in [0, 0.1) is 6.92 Å². The fraction of sp³-hybridized carbons (Fsp3) is 0.556. The van der Waals surface area contributed by atoms with E-state index in [-0.39, 0.29) is 16.9 Å². The first-order chi connectivity index (χ1) is 12.1. The Bertz CT molecular complexity index is 800. The summed E-state index contributed by atoms with van der Waals surface area (Å²) in [5.74, 6) is -1.73. The van der Waals surface area contributed by atoms with Crippen LogP contribution in [0.4, 0.5) is 0 Å². The zero-order valence-electron chi connectivity index (χ0n) is 15.4. The molecule has 1 unspecified atom stereocenters. The lowest BCUT2D eigenvalue weighted by Crippen LogP contribution is -2.51. The highest BCUT2D eigenvalue weighted by atomic mass is 32.2. The first-order valence-corrected chi connectivity index (χ1v) is 10.2. The van der Waals surface area contributed by atoms with E-state index >= 15 is 0 Å². The predicted octanol–water partition coefficient (Wildman–Crippen LogP) is 2.15. The highest BCUT2D eigenvalue weighted by Crippen LogP contribution is 2.23. The Morgan fingerprint density at radius 1 is 1.23 bits per heavy atom. The molecule has 1 fully saturated rings. The average molecular weight is 382 g/mol. The Labute approximate surface area is 154 Å². The third-order valence-electron chi connectivity index (χ3n) is 4.98. The van der Waals surface area contributed by atoms with Crippen LogP contribution >= 0.6 is 0 Å². The van der Waals surface area contributed by atoms with E-state index in [1.807, 2.05) is 0 Å². The number of carbonyl (C=O) groups excluding carboxylic acids is 1. The Morgan fingerprint density at radius 3 is 2.38 bits per heavy atom. The molecule has 144 valence electrons. The first kappa shape index (κ1) is 20.4. The number of nitrogens with zero attached hydrogens (tertiary/aromatic N) is 1. The number of aliphatic carboxylic acids is 1. The van der Waals surface area contributed by atoms with Crippen molar-refractivity contribution < 1.29 is 23.1 Å². The molecule has 0 saturated carbocycles. The van der Waals surface area contributed by atoms with E-state index in [0.29, 0.717) is 18.7 Å². The summed E-state index contributed by atoms with van der Waals surface area (Å²) in [5.41, 5.74) is -0.654. The number of nitrogens with one attached hydrogen (secondary N) is 1. The van der Waals surface area contributed by atoms with Crippen LogP contribution in [0.15, 0.2) is 23.1 Å². The van der Waals surface area contributed by atoms with Crippen LogP contribution in [0.1, 0.15) is 55.5 Å². The van der Waals surface area contributed by atoms with Crippen molar-refractivity contribution in [1.82, 2.24) is 9.62 Å². The Hall–Kier alpha value is -1.93. The summed E-state index contributed by atoms with van der Waals surface area (Å²) in [4.78, 5) is 24.1. The number of carboxylic acid groups (broad SMARTS) is 1. The van der Waals surface area contributed by atoms with Gasteiger partial charge in [0.05, 0.1) is 4.90 Å². The molecule has 1 aliphatic rings. The summed E-state index contributed by atoms with van der Waals surface area (Å²) < 4.78 is 27.1. The van der Waals surface area contributed by atoms with Gasteiger partial charge in [0.25, 0.3) is 5.91 Å². The topological polar surface area (TPSA) is 104 Å². The van der Waals surface area contributed by atoms with Crippen LogP contribution in [-0.4, -0.2) is 48.3 Å². The quantitative estimate of drug-likeness (QED) is 0.785. The third-order valence-corrected chi connectivity index (χ3v) is 6.87. The molecule has 1 saturated heterocycles. The zero-order valence-corrected chi connectivity index (χ0v) is 16.2. The molecule has 1 heterocycles. The summed E-state index contributed by atoms with van der Waals surface area (Å²) in [6.07, 6.45) is 2.87. The van der Waals surface area contributed by atoms with Gasteiger partial charge in [-0.15, -0.1) is 0 Å². The lowest BCUT2D eigenvalue weighted by molar-refractivity contribution is -0.143. The van der Waals surface area contributed by atoms with Crippen molar-refractivity contribution in [3.8, 4) is 0 Å². The fourth-order valence-electron chi connectivity index (χ4n) is 2.87. The molecule has 0 spiro atoms. The van der Waals surface area contributed by atoms with E-state index in [1.165, 1.54) is 23.4 Å². The van der Waals surface area contributed by atoms with Crippen LogP contribution in [0.5, 0.6) is 0 Å². The van der Waals surface area contributed by atoms with Gasteiger partial charge in [0.1, 0.15) is 5.54 Å². The maximum Gasteiger partial charge on any atom is 0.329 e.